The number of hydrogen-bond acceptors (Lipinski definition) is 5. The minimum absolute atomic E-state index is 0.0985. The molecule has 1 aliphatic carbocycles. The Bertz CT molecular complexity index is 501. The average Bonchev–Trinajstić information content (AvgIpc) is 3.06. The van der Waals surface area contributed by atoms with Crippen LogP contribution in [0.2, 0.25) is 0 Å². The molecule has 116 valence electrons. The van der Waals surface area contributed by atoms with E-state index >= 15 is 0 Å². The molecule has 1 amide bonds. The average molecular weight is 327 g/mol. The first-order valence-electron chi connectivity index (χ1n) is 7.46. The molecule has 1 saturated heterocycles. The van der Waals surface area contributed by atoms with Crippen LogP contribution in [-0.4, -0.2) is 52.1 Å². The van der Waals surface area contributed by atoms with Crippen LogP contribution in [0.25, 0.3) is 0 Å². The van der Waals surface area contributed by atoms with Crippen molar-refractivity contribution in [1.82, 2.24) is 4.90 Å². The normalized spacial score (nSPS) is 32.2. The van der Waals surface area contributed by atoms with E-state index in [9.17, 15) is 15.0 Å². The molecule has 0 spiro atoms. The van der Waals surface area contributed by atoms with Crippen molar-refractivity contribution in [3.63, 3.8) is 0 Å². The molecule has 6 heteroatoms. The maximum Gasteiger partial charge on any atom is 0.263 e. The molecule has 2 heterocycles. The van der Waals surface area contributed by atoms with Gasteiger partial charge in [-0.25, -0.2) is 0 Å². The number of fused-ring (bicyclic) bond motifs is 1. The van der Waals surface area contributed by atoms with Gasteiger partial charge in [-0.2, -0.15) is 0 Å². The van der Waals surface area contributed by atoms with Crippen molar-refractivity contribution in [3.8, 4) is 0 Å². The van der Waals surface area contributed by atoms with Crippen molar-refractivity contribution in [2.75, 3.05) is 18.8 Å². The van der Waals surface area contributed by atoms with E-state index in [1.54, 1.807) is 23.1 Å². The summed E-state index contributed by atoms with van der Waals surface area (Å²) in [4.78, 5) is 15.3. The highest BCUT2D eigenvalue weighted by atomic mass is 32.2. The third-order valence-electron chi connectivity index (χ3n) is 4.48. The highest BCUT2D eigenvalue weighted by Crippen LogP contribution is 2.37. The molecule has 1 aromatic heterocycles. The third kappa shape index (κ3) is 3.13. The Morgan fingerprint density at radius 1 is 1.29 bits per heavy atom. The molecule has 1 saturated carbocycles. The van der Waals surface area contributed by atoms with Crippen LogP contribution in [0.1, 0.15) is 29.4 Å². The van der Waals surface area contributed by atoms with E-state index in [1.807, 2.05) is 17.0 Å². The van der Waals surface area contributed by atoms with E-state index < -0.39 is 12.2 Å². The van der Waals surface area contributed by atoms with Gasteiger partial charge in [0.05, 0.1) is 21.3 Å². The molecule has 1 aromatic rings. The minimum atomic E-state index is -0.629. The molecule has 0 unspecified atom stereocenters. The van der Waals surface area contributed by atoms with Gasteiger partial charge in [0.25, 0.3) is 5.91 Å². The first kappa shape index (κ1) is 15.3. The van der Waals surface area contributed by atoms with Crippen LogP contribution in [0.5, 0.6) is 0 Å². The van der Waals surface area contributed by atoms with Gasteiger partial charge in [-0.15, -0.1) is 23.1 Å². The van der Waals surface area contributed by atoms with E-state index in [0.717, 1.165) is 10.6 Å². The monoisotopic (exact) mass is 327 g/mol. The van der Waals surface area contributed by atoms with Gasteiger partial charge in [0.1, 0.15) is 0 Å². The number of rotatable bonds is 3. The second-order valence-electron chi connectivity index (χ2n) is 5.89. The van der Waals surface area contributed by atoms with Gasteiger partial charge in [0, 0.05) is 13.1 Å². The van der Waals surface area contributed by atoms with Crippen molar-refractivity contribution in [3.05, 3.63) is 17.0 Å². The predicted molar refractivity (Wildman–Crippen MR) is 84.8 cm³/mol. The van der Waals surface area contributed by atoms with Crippen LogP contribution < -0.4 is 0 Å². The molecule has 21 heavy (non-hydrogen) atoms. The van der Waals surface area contributed by atoms with Crippen molar-refractivity contribution in [2.45, 2.75) is 36.2 Å². The molecule has 1 aliphatic heterocycles. The van der Waals surface area contributed by atoms with Crippen molar-refractivity contribution in [1.29, 1.82) is 0 Å². The van der Waals surface area contributed by atoms with Crippen LogP contribution in [0.15, 0.2) is 16.3 Å². The van der Waals surface area contributed by atoms with E-state index in [2.05, 4.69) is 6.92 Å². The Balaban J connectivity index is 1.66. The zero-order chi connectivity index (χ0) is 15.0. The predicted octanol–water partition coefficient (Wildman–Crippen LogP) is 2.06. The van der Waals surface area contributed by atoms with E-state index in [0.29, 0.717) is 37.8 Å². The number of nitrogens with zero attached hydrogens (tertiary/aromatic N) is 1. The van der Waals surface area contributed by atoms with Crippen LogP contribution >= 0.6 is 23.1 Å². The first-order chi connectivity index (χ1) is 10.1. The Morgan fingerprint density at radius 2 is 1.90 bits per heavy atom. The fraction of sp³-hybridized carbons (Fsp3) is 0.667. The Labute approximate surface area is 133 Å². The van der Waals surface area contributed by atoms with Gasteiger partial charge in [0.2, 0.25) is 0 Å². The maximum atomic E-state index is 12.6. The highest BCUT2D eigenvalue weighted by molar-refractivity contribution is 8.01. The number of carbonyl (C=O) groups is 1. The Kier molecular flexibility index (Phi) is 4.59. The topological polar surface area (TPSA) is 60.8 Å². The van der Waals surface area contributed by atoms with Crippen LogP contribution in [-0.2, 0) is 0 Å². The van der Waals surface area contributed by atoms with Gasteiger partial charge in [-0.1, -0.05) is 6.92 Å². The third-order valence-corrected chi connectivity index (χ3v) is 6.66. The number of thiophene rings is 1. The van der Waals surface area contributed by atoms with Gasteiger partial charge < -0.3 is 15.1 Å². The van der Waals surface area contributed by atoms with Crippen molar-refractivity contribution >= 4 is 29.0 Å². The summed E-state index contributed by atoms with van der Waals surface area (Å²) in [5, 5.41) is 19.5. The summed E-state index contributed by atoms with van der Waals surface area (Å²) in [7, 11) is 0. The Hall–Kier alpha value is -0.560. The summed E-state index contributed by atoms with van der Waals surface area (Å²) in [5.41, 5.74) is 0. The largest absolute Gasteiger partial charge is 0.390 e. The number of carbonyl (C=O) groups excluding carboxylic acids is 1. The van der Waals surface area contributed by atoms with Crippen molar-refractivity contribution in [2.24, 2.45) is 11.8 Å². The SMILES string of the molecule is CCSc1ccc(C(=O)N2C[C@H]3C[C@H](O)[C@H](O)C[C@H]3C2)s1. The van der Waals surface area contributed by atoms with Crippen LogP contribution in [0.3, 0.4) is 0 Å². The summed E-state index contributed by atoms with van der Waals surface area (Å²) in [6.45, 7) is 3.52. The Morgan fingerprint density at radius 3 is 2.48 bits per heavy atom. The summed E-state index contributed by atoms with van der Waals surface area (Å²) in [6.07, 6.45) is -0.0419. The molecule has 2 N–H and O–H groups in total. The number of hydrogen-bond donors (Lipinski definition) is 2. The molecule has 0 aromatic carbocycles. The van der Waals surface area contributed by atoms with E-state index in [1.165, 1.54) is 4.21 Å². The molecule has 3 rings (SSSR count). The lowest BCUT2D eigenvalue weighted by Crippen LogP contribution is -2.38. The highest BCUT2D eigenvalue weighted by Gasteiger charge is 2.42. The standard InChI is InChI=1S/C15H21NO3S2/c1-2-20-14-4-3-13(21-14)15(19)16-7-9-5-11(17)12(18)6-10(9)8-16/h3-4,9-12,17-18H,2,5-8H2,1H3/t9-,10+,11+,12-. The molecule has 0 radical (unpaired) electrons. The maximum absolute atomic E-state index is 12.6. The first-order valence-corrected chi connectivity index (χ1v) is 9.26. The second kappa shape index (κ2) is 6.28. The summed E-state index contributed by atoms with van der Waals surface area (Å²) >= 11 is 3.32. The molecular weight excluding hydrogens is 306 g/mol. The summed E-state index contributed by atoms with van der Waals surface area (Å²) < 4.78 is 1.18. The number of thioether (sulfide) groups is 1. The van der Waals surface area contributed by atoms with Gasteiger partial charge >= 0.3 is 0 Å². The number of aliphatic hydroxyl groups is 2. The number of amides is 1. The fourth-order valence-electron chi connectivity index (χ4n) is 3.38. The lowest BCUT2D eigenvalue weighted by molar-refractivity contribution is -0.0372. The number of aliphatic hydroxyl groups excluding tert-OH is 2. The fourth-order valence-corrected chi connectivity index (χ4v) is 5.40. The molecule has 4 nitrogen and oxygen atoms in total. The zero-order valence-electron chi connectivity index (χ0n) is 12.1. The summed E-state index contributed by atoms with van der Waals surface area (Å²) in [5.74, 6) is 1.77. The van der Waals surface area contributed by atoms with Crippen LogP contribution in [0.4, 0.5) is 0 Å². The molecule has 2 aliphatic rings. The smallest absolute Gasteiger partial charge is 0.263 e. The molecule has 0 bridgehead atoms. The lowest BCUT2D eigenvalue weighted by Gasteiger charge is -2.31. The molecule has 4 atom stereocenters. The van der Waals surface area contributed by atoms with Gasteiger partial charge in [-0.05, 0) is 42.6 Å². The van der Waals surface area contributed by atoms with Gasteiger partial charge in [-0.3, -0.25) is 4.79 Å². The molecule has 2 fully saturated rings. The minimum Gasteiger partial charge on any atom is -0.390 e. The second-order valence-corrected chi connectivity index (χ2v) is 8.54. The zero-order valence-corrected chi connectivity index (χ0v) is 13.7. The quantitative estimate of drug-likeness (QED) is 0.834. The lowest BCUT2D eigenvalue weighted by atomic mass is 9.79. The van der Waals surface area contributed by atoms with Gasteiger partial charge in [0.15, 0.2) is 0 Å². The van der Waals surface area contributed by atoms with E-state index in [-0.39, 0.29) is 5.91 Å². The molecular formula is C15H21NO3S2. The van der Waals surface area contributed by atoms with Crippen LogP contribution in [0, 0.1) is 11.8 Å². The summed E-state index contributed by atoms with van der Waals surface area (Å²) in [6, 6.07) is 3.93. The number of likely N-dealkylation sites (tertiary alicyclic amines) is 1. The van der Waals surface area contributed by atoms with Crippen molar-refractivity contribution < 1.29 is 15.0 Å². The van der Waals surface area contributed by atoms with E-state index in [4.69, 9.17) is 0 Å².